The molecule has 0 saturated carbocycles. The van der Waals surface area contributed by atoms with Crippen LogP contribution in [0.4, 0.5) is 4.39 Å². The number of aromatic amines is 1. The van der Waals surface area contributed by atoms with Gasteiger partial charge in [0.25, 0.3) is 5.56 Å². The number of carbonyl (C=O) groups is 1. The molecule has 2 N–H and O–H groups in total. The van der Waals surface area contributed by atoms with Crippen molar-refractivity contribution in [3.8, 4) is 5.75 Å². The van der Waals surface area contributed by atoms with Gasteiger partial charge in [-0.15, -0.1) is 0 Å². The molecule has 1 amide bonds. The summed E-state index contributed by atoms with van der Waals surface area (Å²) < 4.78 is 18.8. The molecule has 7 heteroatoms. The summed E-state index contributed by atoms with van der Waals surface area (Å²) in [7, 11) is 1.56. The lowest BCUT2D eigenvalue weighted by Crippen LogP contribution is -2.32. The zero-order valence-electron chi connectivity index (χ0n) is 17.2. The Morgan fingerprint density at radius 3 is 2.57 bits per heavy atom. The first kappa shape index (κ1) is 21.2. The standard InChI is InChI=1S/C23H24FN3O3/c1-14-4-9-21(30-3)17(10-14)11-22(28)27-20(16-5-7-18(24)8-6-16)12-19-13-23(29)26-15(2)25-19/h4-10,13,20H,11-12H2,1-3H3,(H,27,28)(H,25,26,29)/t20-/m1/s1. The van der Waals surface area contributed by atoms with E-state index in [1.165, 1.54) is 18.2 Å². The van der Waals surface area contributed by atoms with E-state index in [2.05, 4.69) is 15.3 Å². The van der Waals surface area contributed by atoms with Crippen LogP contribution in [-0.4, -0.2) is 23.0 Å². The van der Waals surface area contributed by atoms with E-state index in [-0.39, 0.29) is 23.7 Å². The van der Waals surface area contributed by atoms with Gasteiger partial charge in [-0.25, -0.2) is 9.37 Å². The van der Waals surface area contributed by atoms with Gasteiger partial charge in [-0.1, -0.05) is 29.8 Å². The van der Waals surface area contributed by atoms with Gasteiger partial charge >= 0.3 is 0 Å². The minimum Gasteiger partial charge on any atom is -0.496 e. The number of aromatic nitrogens is 2. The number of carbonyl (C=O) groups excluding carboxylic acids is 1. The number of amides is 1. The van der Waals surface area contributed by atoms with Gasteiger partial charge in [0.05, 0.1) is 25.3 Å². The molecule has 0 bridgehead atoms. The summed E-state index contributed by atoms with van der Waals surface area (Å²) in [6.07, 6.45) is 0.428. The van der Waals surface area contributed by atoms with Crippen LogP contribution in [-0.2, 0) is 17.6 Å². The van der Waals surface area contributed by atoms with Crippen LogP contribution in [0.25, 0.3) is 0 Å². The monoisotopic (exact) mass is 409 g/mol. The number of benzene rings is 2. The van der Waals surface area contributed by atoms with E-state index in [0.29, 0.717) is 23.7 Å². The number of hydrogen-bond donors (Lipinski definition) is 2. The zero-order chi connectivity index (χ0) is 21.7. The van der Waals surface area contributed by atoms with Crippen molar-refractivity contribution in [2.45, 2.75) is 32.7 Å². The fourth-order valence-electron chi connectivity index (χ4n) is 3.37. The molecule has 1 aromatic heterocycles. The first-order chi connectivity index (χ1) is 14.3. The third-order valence-electron chi connectivity index (χ3n) is 4.72. The highest BCUT2D eigenvalue weighted by Gasteiger charge is 2.18. The van der Waals surface area contributed by atoms with Crippen molar-refractivity contribution in [1.82, 2.24) is 15.3 Å². The molecule has 3 aromatic rings. The fourth-order valence-corrected chi connectivity index (χ4v) is 3.37. The first-order valence-electron chi connectivity index (χ1n) is 9.59. The van der Waals surface area contributed by atoms with Crippen LogP contribution in [0.15, 0.2) is 53.3 Å². The topological polar surface area (TPSA) is 84.1 Å². The van der Waals surface area contributed by atoms with Gasteiger partial charge in [0, 0.05) is 18.1 Å². The van der Waals surface area contributed by atoms with Gasteiger partial charge < -0.3 is 15.0 Å². The number of aryl methyl sites for hydroxylation is 2. The van der Waals surface area contributed by atoms with Crippen molar-refractivity contribution in [1.29, 1.82) is 0 Å². The molecule has 30 heavy (non-hydrogen) atoms. The predicted molar refractivity (Wildman–Crippen MR) is 112 cm³/mol. The van der Waals surface area contributed by atoms with Crippen LogP contribution in [0.5, 0.6) is 5.75 Å². The van der Waals surface area contributed by atoms with Gasteiger partial charge in [0.15, 0.2) is 0 Å². The maximum atomic E-state index is 13.4. The molecule has 6 nitrogen and oxygen atoms in total. The van der Waals surface area contributed by atoms with Gasteiger partial charge in [-0.05, 0) is 37.6 Å². The molecular formula is C23H24FN3O3. The first-order valence-corrected chi connectivity index (χ1v) is 9.59. The Hall–Kier alpha value is -3.48. The second kappa shape index (κ2) is 9.35. The van der Waals surface area contributed by atoms with E-state index in [9.17, 15) is 14.0 Å². The van der Waals surface area contributed by atoms with Crippen molar-refractivity contribution >= 4 is 5.91 Å². The molecule has 0 spiro atoms. The number of nitrogens with one attached hydrogen (secondary N) is 2. The van der Waals surface area contributed by atoms with E-state index in [0.717, 1.165) is 16.7 Å². The summed E-state index contributed by atoms with van der Waals surface area (Å²) in [4.78, 5) is 31.6. The van der Waals surface area contributed by atoms with Gasteiger partial charge in [-0.2, -0.15) is 0 Å². The molecule has 156 valence electrons. The number of methoxy groups -OCH3 is 1. The van der Waals surface area contributed by atoms with E-state index in [1.54, 1.807) is 26.2 Å². The summed E-state index contributed by atoms with van der Waals surface area (Å²) >= 11 is 0. The maximum absolute atomic E-state index is 13.4. The highest BCUT2D eigenvalue weighted by atomic mass is 19.1. The Balaban J connectivity index is 1.85. The SMILES string of the molecule is COc1ccc(C)cc1CC(=O)N[C@H](Cc1cc(=O)[nH]c(C)n1)c1ccc(F)cc1. The van der Waals surface area contributed by atoms with Gasteiger partial charge in [0.1, 0.15) is 17.4 Å². The number of halogens is 1. The molecule has 0 aliphatic heterocycles. The molecule has 0 aliphatic rings. The summed E-state index contributed by atoms with van der Waals surface area (Å²) in [5, 5.41) is 2.99. The largest absolute Gasteiger partial charge is 0.496 e. The Morgan fingerprint density at radius 2 is 1.90 bits per heavy atom. The summed E-state index contributed by atoms with van der Waals surface area (Å²) in [5.74, 6) is 0.556. The normalized spacial score (nSPS) is 11.7. The number of H-pyrrole nitrogens is 1. The Labute approximate surface area is 174 Å². The van der Waals surface area contributed by atoms with E-state index >= 15 is 0 Å². The van der Waals surface area contributed by atoms with Gasteiger partial charge in [0.2, 0.25) is 5.91 Å². The highest BCUT2D eigenvalue weighted by molar-refractivity contribution is 5.80. The molecule has 1 heterocycles. The van der Waals surface area contributed by atoms with Gasteiger partial charge in [-0.3, -0.25) is 9.59 Å². The van der Waals surface area contributed by atoms with Crippen molar-refractivity contribution in [3.63, 3.8) is 0 Å². The Kier molecular flexibility index (Phi) is 6.61. The number of ether oxygens (including phenoxy) is 1. The van der Waals surface area contributed by atoms with Crippen molar-refractivity contribution < 1.29 is 13.9 Å². The average molecular weight is 409 g/mol. The number of hydrogen-bond acceptors (Lipinski definition) is 4. The Morgan fingerprint density at radius 1 is 1.17 bits per heavy atom. The Bertz CT molecular complexity index is 1090. The van der Waals surface area contributed by atoms with E-state index in [1.807, 2.05) is 25.1 Å². The molecule has 1 atom stereocenters. The van der Waals surface area contributed by atoms with E-state index in [4.69, 9.17) is 4.74 Å². The van der Waals surface area contributed by atoms with E-state index < -0.39 is 6.04 Å². The van der Waals surface area contributed by atoms with Crippen molar-refractivity contribution in [3.05, 3.63) is 92.9 Å². The van der Waals surface area contributed by atoms with Crippen LogP contribution in [0.1, 0.15) is 34.3 Å². The molecule has 3 rings (SSSR count). The third kappa shape index (κ3) is 5.53. The molecule has 0 fully saturated rings. The summed E-state index contributed by atoms with van der Waals surface area (Å²) in [6.45, 7) is 3.64. The summed E-state index contributed by atoms with van der Waals surface area (Å²) in [6, 6.07) is 12.5. The average Bonchev–Trinajstić information content (AvgIpc) is 2.67. The van der Waals surface area contributed by atoms with Crippen LogP contribution in [0.2, 0.25) is 0 Å². The molecule has 0 unspecified atom stereocenters. The lowest BCUT2D eigenvalue weighted by Gasteiger charge is -2.20. The minimum atomic E-state index is -0.470. The third-order valence-corrected chi connectivity index (χ3v) is 4.72. The molecule has 2 aromatic carbocycles. The lowest BCUT2D eigenvalue weighted by molar-refractivity contribution is -0.121. The van der Waals surface area contributed by atoms with Crippen LogP contribution in [0.3, 0.4) is 0 Å². The van der Waals surface area contributed by atoms with Crippen molar-refractivity contribution in [2.75, 3.05) is 7.11 Å². The zero-order valence-corrected chi connectivity index (χ0v) is 17.2. The van der Waals surface area contributed by atoms with Crippen LogP contribution < -0.4 is 15.6 Å². The smallest absolute Gasteiger partial charge is 0.251 e. The molecular weight excluding hydrogens is 385 g/mol. The lowest BCUT2D eigenvalue weighted by atomic mass is 10.0. The number of rotatable bonds is 7. The predicted octanol–water partition coefficient (Wildman–Crippen LogP) is 3.18. The second-order valence-corrected chi connectivity index (χ2v) is 7.19. The second-order valence-electron chi connectivity index (χ2n) is 7.19. The van der Waals surface area contributed by atoms with Crippen LogP contribution in [0, 0.1) is 19.7 Å². The summed E-state index contributed by atoms with van der Waals surface area (Å²) in [5.41, 5.74) is 2.81. The molecule has 0 saturated heterocycles. The maximum Gasteiger partial charge on any atom is 0.251 e. The fraction of sp³-hybridized carbons (Fsp3) is 0.261. The van der Waals surface area contributed by atoms with Crippen LogP contribution >= 0.6 is 0 Å². The number of nitrogens with zero attached hydrogens (tertiary/aromatic N) is 1. The molecule has 0 aliphatic carbocycles. The van der Waals surface area contributed by atoms with Crippen molar-refractivity contribution in [2.24, 2.45) is 0 Å². The minimum absolute atomic E-state index is 0.129. The molecule has 0 radical (unpaired) electrons. The highest BCUT2D eigenvalue weighted by Crippen LogP contribution is 2.22. The quantitative estimate of drug-likeness (QED) is 0.628.